The van der Waals surface area contributed by atoms with E-state index in [4.69, 9.17) is 0 Å². The molecule has 0 atom stereocenters. The molecule has 0 spiro atoms. The minimum absolute atomic E-state index is 0.300. The van der Waals surface area contributed by atoms with Crippen molar-refractivity contribution in [2.45, 2.75) is 6.92 Å². The molecule has 0 saturated carbocycles. The Bertz CT molecular complexity index is 352. The number of nitro groups is 1. The highest BCUT2D eigenvalue weighted by Crippen LogP contribution is 2.25. The third kappa shape index (κ3) is 1.47. The average Bonchev–Trinajstić information content (AvgIpc) is 2.01. The third-order valence-electron chi connectivity index (χ3n) is 1.50. The monoisotopic (exact) mass is 191 g/mol. The summed E-state index contributed by atoms with van der Waals surface area (Å²) in [4.78, 5) is 8.82. The summed E-state index contributed by atoms with van der Waals surface area (Å²) in [6.07, 6.45) is 0. The van der Waals surface area contributed by atoms with Crippen LogP contribution in [-0.4, -0.2) is 4.92 Å². The maximum atomic E-state index is 12.8. The molecule has 0 aliphatic carbocycles. The van der Waals surface area contributed by atoms with Gasteiger partial charge in [-0.05, 0) is 18.6 Å². The molecule has 0 fully saturated rings. The van der Waals surface area contributed by atoms with Gasteiger partial charge in [-0.15, -0.1) is 0 Å². The van der Waals surface area contributed by atoms with Crippen LogP contribution >= 0.6 is 0 Å². The summed E-state index contributed by atoms with van der Waals surface area (Å²) in [5, 5.41) is 10.1. The van der Waals surface area contributed by atoms with Gasteiger partial charge in [0.05, 0.1) is 4.92 Å². The van der Waals surface area contributed by atoms with E-state index in [-0.39, 0.29) is 5.56 Å². The molecule has 0 aliphatic rings. The molecule has 0 aliphatic heterocycles. The zero-order valence-electron chi connectivity index (χ0n) is 6.47. The van der Waals surface area contributed by atoms with Gasteiger partial charge in [-0.2, -0.15) is 8.78 Å². The molecular formula is C7H4F3NO2. The lowest BCUT2D eigenvalue weighted by Gasteiger charge is -1.99. The van der Waals surface area contributed by atoms with Crippen molar-refractivity contribution in [3.05, 3.63) is 39.2 Å². The lowest BCUT2D eigenvalue weighted by molar-refractivity contribution is -0.390. The largest absolute Gasteiger partial charge is 0.343 e. The van der Waals surface area contributed by atoms with Crippen molar-refractivity contribution < 1.29 is 18.1 Å². The quantitative estimate of drug-likeness (QED) is 0.388. The Morgan fingerprint density at radius 2 is 1.85 bits per heavy atom. The van der Waals surface area contributed by atoms with Gasteiger partial charge < -0.3 is 0 Å². The van der Waals surface area contributed by atoms with Crippen molar-refractivity contribution in [2.75, 3.05) is 0 Å². The van der Waals surface area contributed by atoms with Gasteiger partial charge in [0.25, 0.3) is 0 Å². The van der Waals surface area contributed by atoms with Crippen LogP contribution < -0.4 is 0 Å². The van der Waals surface area contributed by atoms with Gasteiger partial charge in [-0.3, -0.25) is 10.1 Å². The molecule has 0 unspecified atom stereocenters. The Morgan fingerprint density at radius 3 is 2.31 bits per heavy atom. The molecule has 1 aromatic rings. The first-order valence-corrected chi connectivity index (χ1v) is 3.23. The Hall–Kier alpha value is -1.59. The van der Waals surface area contributed by atoms with E-state index < -0.39 is 28.1 Å². The highest BCUT2D eigenvalue weighted by molar-refractivity contribution is 5.38. The molecule has 1 rings (SSSR count). The number of nitro benzene ring substituents is 1. The first kappa shape index (κ1) is 9.50. The average molecular weight is 191 g/mol. The predicted octanol–water partition coefficient (Wildman–Crippen LogP) is 2.32. The van der Waals surface area contributed by atoms with Crippen LogP contribution in [0.5, 0.6) is 0 Å². The Kier molecular flexibility index (Phi) is 2.22. The molecule has 70 valence electrons. The predicted molar refractivity (Wildman–Crippen MR) is 37.7 cm³/mol. The normalized spacial score (nSPS) is 10.2. The fourth-order valence-corrected chi connectivity index (χ4v) is 0.873. The summed E-state index contributed by atoms with van der Waals surface area (Å²) in [7, 11) is 0. The second kappa shape index (κ2) is 3.04. The van der Waals surface area contributed by atoms with Gasteiger partial charge in [0, 0.05) is 0 Å². The molecule has 0 N–H and O–H groups in total. The van der Waals surface area contributed by atoms with Crippen LogP contribution in [0.25, 0.3) is 0 Å². The van der Waals surface area contributed by atoms with Crippen molar-refractivity contribution in [3.8, 4) is 0 Å². The topological polar surface area (TPSA) is 43.1 Å². The fourth-order valence-electron chi connectivity index (χ4n) is 0.873. The molecule has 0 saturated heterocycles. The zero-order chi connectivity index (χ0) is 10.2. The summed E-state index contributed by atoms with van der Waals surface area (Å²) in [5.74, 6) is -4.54. The molecule has 13 heavy (non-hydrogen) atoms. The maximum Gasteiger partial charge on any atom is 0.343 e. The first-order valence-electron chi connectivity index (χ1n) is 3.23. The first-order chi connectivity index (χ1) is 5.95. The molecule has 0 aromatic heterocycles. The van der Waals surface area contributed by atoms with Gasteiger partial charge in [-0.1, -0.05) is 0 Å². The number of aryl methyl sites for hydroxylation is 1. The van der Waals surface area contributed by atoms with E-state index in [2.05, 4.69) is 0 Å². The standard InChI is InChI=1S/C7H4F3NO2/c1-3-2-4(8)6(10)7(5(3)9)11(12)13/h2H,1H3. The summed E-state index contributed by atoms with van der Waals surface area (Å²) < 4.78 is 38.0. The number of hydrogen-bond donors (Lipinski definition) is 0. The van der Waals surface area contributed by atoms with E-state index in [1.165, 1.54) is 0 Å². The second-order valence-electron chi connectivity index (χ2n) is 2.41. The number of nitrogens with zero attached hydrogens (tertiary/aromatic N) is 1. The van der Waals surface area contributed by atoms with E-state index in [1.54, 1.807) is 0 Å². The Morgan fingerprint density at radius 1 is 1.31 bits per heavy atom. The molecular weight excluding hydrogens is 187 g/mol. The van der Waals surface area contributed by atoms with Gasteiger partial charge in [0.15, 0.2) is 5.82 Å². The van der Waals surface area contributed by atoms with Crippen LogP contribution in [0.2, 0.25) is 0 Å². The van der Waals surface area contributed by atoms with E-state index in [1.807, 2.05) is 0 Å². The SMILES string of the molecule is Cc1cc(F)c(F)c([N+](=O)[O-])c1F. The van der Waals surface area contributed by atoms with Crippen molar-refractivity contribution in [2.24, 2.45) is 0 Å². The van der Waals surface area contributed by atoms with Crippen LogP contribution in [0.15, 0.2) is 6.07 Å². The summed E-state index contributed by atoms with van der Waals surface area (Å²) >= 11 is 0. The smallest absolute Gasteiger partial charge is 0.258 e. The maximum absolute atomic E-state index is 12.8. The summed E-state index contributed by atoms with van der Waals surface area (Å²) in [6.45, 7) is 1.12. The van der Waals surface area contributed by atoms with Crippen molar-refractivity contribution in [3.63, 3.8) is 0 Å². The highest BCUT2D eigenvalue weighted by atomic mass is 19.2. The molecule has 1 aromatic carbocycles. The van der Waals surface area contributed by atoms with E-state index >= 15 is 0 Å². The van der Waals surface area contributed by atoms with E-state index in [0.717, 1.165) is 6.92 Å². The van der Waals surface area contributed by atoms with Gasteiger partial charge in [0.1, 0.15) is 0 Å². The molecule has 0 radical (unpaired) electrons. The molecule has 0 heterocycles. The number of hydrogen-bond acceptors (Lipinski definition) is 2. The minimum Gasteiger partial charge on any atom is -0.258 e. The lowest BCUT2D eigenvalue weighted by atomic mass is 10.2. The number of rotatable bonds is 1. The van der Waals surface area contributed by atoms with Crippen LogP contribution in [-0.2, 0) is 0 Å². The lowest BCUT2D eigenvalue weighted by Crippen LogP contribution is -2.01. The zero-order valence-corrected chi connectivity index (χ0v) is 6.47. The van der Waals surface area contributed by atoms with Crippen molar-refractivity contribution >= 4 is 5.69 Å². The molecule has 0 bridgehead atoms. The van der Waals surface area contributed by atoms with Gasteiger partial charge >= 0.3 is 5.69 Å². The highest BCUT2D eigenvalue weighted by Gasteiger charge is 2.26. The van der Waals surface area contributed by atoms with Crippen LogP contribution in [0.4, 0.5) is 18.9 Å². The van der Waals surface area contributed by atoms with Crippen LogP contribution in [0.1, 0.15) is 5.56 Å². The molecule has 6 heteroatoms. The molecule has 0 amide bonds. The number of benzene rings is 1. The third-order valence-corrected chi connectivity index (χ3v) is 1.50. The Labute approximate surface area is 70.9 Å². The number of halogens is 3. The van der Waals surface area contributed by atoms with E-state index in [0.29, 0.717) is 6.07 Å². The van der Waals surface area contributed by atoms with Crippen molar-refractivity contribution in [1.29, 1.82) is 0 Å². The van der Waals surface area contributed by atoms with Gasteiger partial charge in [-0.25, -0.2) is 4.39 Å². The van der Waals surface area contributed by atoms with Gasteiger partial charge in [0.2, 0.25) is 11.6 Å². The van der Waals surface area contributed by atoms with Crippen molar-refractivity contribution in [1.82, 2.24) is 0 Å². The van der Waals surface area contributed by atoms with Crippen LogP contribution in [0.3, 0.4) is 0 Å². The summed E-state index contributed by atoms with van der Waals surface area (Å²) in [6, 6.07) is 0.567. The van der Waals surface area contributed by atoms with Crippen LogP contribution in [0, 0.1) is 34.5 Å². The fraction of sp³-hybridized carbons (Fsp3) is 0.143. The Balaban J connectivity index is 3.56. The molecule has 3 nitrogen and oxygen atoms in total. The minimum atomic E-state index is -1.77. The second-order valence-corrected chi connectivity index (χ2v) is 2.41. The summed E-state index contributed by atoms with van der Waals surface area (Å²) in [5.41, 5.74) is -1.75. The van der Waals surface area contributed by atoms with E-state index in [9.17, 15) is 23.3 Å².